The number of rotatable bonds is 8. The maximum atomic E-state index is 13.6. The third-order valence-corrected chi connectivity index (χ3v) is 6.37. The average Bonchev–Trinajstić information content (AvgIpc) is 3.52. The Labute approximate surface area is 195 Å². The highest BCUT2D eigenvalue weighted by atomic mass is 16.3. The molecule has 1 aliphatic rings. The molecular formula is C28H32N2O3. The van der Waals surface area contributed by atoms with Crippen molar-refractivity contribution < 1.29 is 14.0 Å². The molecule has 1 aromatic heterocycles. The smallest absolute Gasteiger partial charge is 0.290 e. The molecule has 172 valence electrons. The number of nitrogens with one attached hydrogen (secondary N) is 1. The van der Waals surface area contributed by atoms with E-state index in [-0.39, 0.29) is 23.6 Å². The van der Waals surface area contributed by atoms with Crippen LogP contribution in [0.3, 0.4) is 0 Å². The molecule has 3 aromatic rings. The molecule has 0 bridgehead atoms. The molecule has 0 radical (unpaired) electrons. The van der Waals surface area contributed by atoms with Crippen LogP contribution in [0.25, 0.3) is 0 Å². The Balaban J connectivity index is 1.67. The van der Waals surface area contributed by atoms with Crippen molar-refractivity contribution >= 4 is 11.8 Å². The van der Waals surface area contributed by atoms with Crippen LogP contribution in [0.2, 0.25) is 0 Å². The van der Waals surface area contributed by atoms with E-state index in [0.29, 0.717) is 13.0 Å². The molecule has 0 spiro atoms. The van der Waals surface area contributed by atoms with Crippen molar-refractivity contribution in [3.8, 4) is 0 Å². The molecule has 1 aliphatic carbocycles. The number of amides is 2. The van der Waals surface area contributed by atoms with Gasteiger partial charge >= 0.3 is 0 Å². The minimum absolute atomic E-state index is 0.130. The molecule has 1 atom stereocenters. The fraction of sp³-hybridized carbons (Fsp3) is 0.357. The summed E-state index contributed by atoms with van der Waals surface area (Å²) in [4.78, 5) is 28.9. The Kier molecular flexibility index (Phi) is 7.28. The van der Waals surface area contributed by atoms with Gasteiger partial charge in [-0.05, 0) is 56.4 Å². The molecule has 0 saturated heterocycles. The molecule has 5 heteroatoms. The summed E-state index contributed by atoms with van der Waals surface area (Å²) in [6, 6.07) is 18.9. The molecule has 1 fully saturated rings. The highest BCUT2D eigenvalue weighted by molar-refractivity contribution is 5.96. The second-order valence-electron chi connectivity index (χ2n) is 9.02. The van der Waals surface area contributed by atoms with E-state index in [2.05, 4.69) is 30.4 Å². The summed E-state index contributed by atoms with van der Waals surface area (Å²) in [5.74, 6) is -0.167. The van der Waals surface area contributed by atoms with Crippen molar-refractivity contribution in [2.75, 3.05) is 6.54 Å². The van der Waals surface area contributed by atoms with Gasteiger partial charge in [-0.3, -0.25) is 9.59 Å². The van der Waals surface area contributed by atoms with E-state index in [1.165, 1.54) is 11.8 Å². The van der Waals surface area contributed by atoms with Gasteiger partial charge < -0.3 is 14.6 Å². The Hall–Kier alpha value is -3.34. The third kappa shape index (κ3) is 5.72. The lowest BCUT2D eigenvalue weighted by Gasteiger charge is -2.32. The van der Waals surface area contributed by atoms with Gasteiger partial charge in [-0.25, -0.2) is 0 Å². The lowest BCUT2D eigenvalue weighted by Crippen LogP contribution is -2.46. The highest BCUT2D eigenvalue weighted by Gasteiger charge is 2.34. The molecule has 1 heterocycles. The van der Waals surface area contributed by atoms with E-state index in [1.54, 1.807) is 17.0 Å². The predicted molar refractivity (Wildman–Crippen MR) is 129 cm³/mol. The lowest BCUT2D eigenvalue weighted by molar-refractivity contribution is -0.126. The number of furan rings is 1. The molecule has 1 N–H and O–H groups in total. The first-order valence-corrected chi connectivity index (χ1v) is 11.8. The predicted octanol–water partition coefficient (Wildman–Crippen LogP) is 5.38. The normalized spacial score (nSPS) is 14.7. The molecule has 4 rings (SSSR count). The Morgan fingerprint density at radius 2 is 1.76 bits per heavy atom. The number of aryl methyl sites for hydroxylation is 2. The molecule has 5 nitrogen and oxygen atoms in total. The zero-order chi connectivity index (χ0) is 23.2. The molecule has 0 aliphatic heterocycles. The van der Waals surface area contributed by atoms with Gasteiger partial charge in [0.2, 0.25) is 5.91 Å². The molecule has 1 saturated carbocycles. The minimum Gasteiger partial charge on any atom is -0.459 e. The summed E-state index contributed by atoms with van der Waals surface area (Å²) in [6.45, 7) is 4.47. The summed E-state index contributed by atoms with van der Waals surface area (Å²) < 4.78 is 5.44. The van der Waals surface area contributed by atoms with Crippen LogP contribution >= 0.6 is 0 Å². The van der Waals surface area contributed by atoms with Crippen molar-refractivity contribution in [2.24, 2.45) is 0 Å². The van der Waals surface area contributed by atoms with Crippen molar-refractivity contribution in [2.45, 2.75) is 58.0 Å². The average molecular weight is 445 g/mol. The van der Waals surface area contributed by atoms with Crippen molar-refractivity contribution in [3.05, 3.63) is 94.9 Å². The van der Waals surface area contributed by atoms with Gasteiger partial charge in [-0.15, -0.1) is 0 Å². The molecule has 2 amide bonds. The summed E-state index contributed by atoms with van der Waals surface area (Å²) in [5, 5.41) is 3.22. The van der Waals surface area contributed by atoms with E-state index >= 15 is 0 Å². The topological polar surface area (TPSA) is 62.6 Å². The van der Waals surface area contributed by atoms with Gasteiger partial charge in [0, 0.05) is 12.6 Å². The number of hydrogen-bond donors (Lipinski definition) is 1. The van der Waals surface area contributed by atoms with E-state index < -0.39 is 6.04 Å². The zero-order valence-electron chi connectivity index (χ0n) is 19.4. The van der Waals surface area contributed by atoms with Crippen LogP contribution < -0.4 is 5.32 Å². The van der Waals surface area contributed by atoms with Crippen LogP contribution in [0.5, 0.6) is 0 Å². The summed E-state index contributed by atoms with van der Waals surface area (Å²) in [6.07, 6.45) is 6.37. The van der Waals surface area contributed by atoms with E-state index in [0.717, 1.165) is 42.4 Å². The standard InChI is InChI=1S/C28H32N2O3/c1-20-12-14-23(15-13-20)26(27(31)29-24-9-3-4-10-24)30(28(32)25-11-6-18-33-25)17-16-22-8-5-7-21(2)19-22/h5-8,11-15,18-19,24,26H,3-4,9-10,16-17H2,1-2H3,(H,29,31)/t26-/m1/s1. The molecule has 33 heavy (non-hydrogen) atoms. The Morgan fingerprint density at radius 3 is 2.42 bits per heavy atom. The van der Waals surface area contributed by atoms with E-state index in [9.17, 15) is 9.59 Å². The first-order valence-electron chi connectivity index (χ1n) is 11.8. The van der Waals surface area contributed by atoms with Gasteiger partial charge in [0.1, 0.15) is 6.04 Å². The number of carbonyl (C=O) groups excluding carboxylic acids is 2. The number of hydrogen-bond acceptors (Lipinski definition) is 3. The van der Waals surface area contributed by atoms with E-state index in [4.69, 9.17) is 4.42 Å². The maximum Gasteiger partial charge on any atom is 0.290 e. The van der Waals surface area contributed by atoms with Crippen LogP contribution in [-0.2, 0) is 11.2 Å². The third-order valence-electron chi connectivity index (χ3n) is 6.37. The highest BCUT2D eigenvalue weighted by Crippen LogP contribution is 2.27. The van der Waals surface area contributed by atoms with Crippen molar-refractivity contribution in [1.29, 1.82) is 0 Å². The number of benzene rings is 2. The second-order valence-corrected chi connectivity index (χ2v) is 9.02. The summed E-state index contributed by atoms with van der Waals surface area (Å²) >= 11 is 0. The molecule has 2 aromatic carbocycles. The van der Waals surface area contributed by atoms with Gasteiger partial charge in [0.25, 0.3) is 5.91 Å². The maximum absolute atomic E-state index is 13.6. The zero-order valence-corrected chi connectivity index (χ0v) is 19.4. The van der Waals surface area contributed by atoms with Gasteiger partial charge in [-0.1, -0.05) is 72.5 Å². The number of carbonyl (C=O) groups is 2. The van der Waals surface area contributed by atoms with E-state index in [1.807, 2.05) is 37.3 Å². The molecule has 0 unspecified atom stereocenters. The first-order chi connectivity index (χ1) is 16.0. The van der Waals surface area contributed by atoms with Crippen LogP contribution in [0, 0.1) is 13.8 Å². The van der Waals surface area contributed by atoms with Crippen molar-refractivity contribution in [3.63, 3.8) is 0 Å². The minimum atomic E-state index is -0.728. The van der Waals surface area contributed by atoms with Gasteiger partial charge in [0.15, 0.2) is 5.76 Å². The quantitative estimate of drug-likeness (QED) is 0.507. The largest absolute Gasteiger partial charge is 0.459 e. The summed E-state index contributed by atoms with van der Waals surface area (Å²) in [7, 11) is 0. The Morgan fingerprint density at radius 1 is 1.00 bits per heavy atom. The van der Waals surface area contributed by atoms with Gasteiger partial charge in [0.05, 0.1) is 6.26 Å². The van der Waals surface area contributed by atoms with Crippen LogP contribution in [-0.4, -0.2) is 29.3 Å². The molecular weight excluding hydrogens is 412 g/mol. The van der Waals surface area contributed by atoms with Crippen molar-refractivity contribution in [1.82, 2.24) is 10.2 Å². The van der Waals surface area contributed by atoms with Crippen LogP contribution in [0.15, 0.2) is 71.3 Å². The summed E-state index contributed by atoms with van der Waals surface area (Å²) in [5.41, 5.74) is 4.22. The fourth-order valence-electron chi connectivity index (χ4n) is 4.58. The fourth-order valence-corrected chi connectivity index (χ4v) is 4.58. The Bertz CT molecular complexity index is 1070. The van der Waals surface area contributed by atoms with Gasteiger partial charge in [-0.2, -0.15) is 0 Å². The second kappa shape index (κ2) is 10.5. The first kappa shape index (κ1) is 22.8. The monoisotopic (exact) mass is 444 g/mol. The van der Waals surface area contributed by atoms with Crippen LogP contribution in [0.4, 0.5) is 0 Å². The van der Waals surface area contributed by atoms with Crippen LogP contribution in [0.1, 0.15) is 64.5 Å². The lowest BCUT2D eigenvalue weighted by atomic mass is 10.0. The number of nitrogens with zero attached hydrogens (tertiary/aromatic N) is 1. The SMILES string of the molecule is Cc1ccc([C@H](C(=O)NC2CCCC2)N(CCc2cccc(C)c2)C(=O)c2ccco2)cc1.